The first-order chi connectivity index (χ1) is 12.2. The van der Waals surface area contributed by atoms with E-state index in [9.17, 15) is 4.79 Å². The molecule has 1 amide bonds. The van der Waals surface area contributed by atoms with Gasteiger partial charge in [-0.05, 0) is 38.8 Å². The normalized spacial score (nSPS) is 15.4. The lowest BCUT2D eigenvalue weighted by atomic mass is 9.90. The zero-order valence-corrected chi connectivity index (χ0v) is 14.8. The van der Waals surface area contributed by atoms with Gasteiger partial charge in [0.1, 0.15) is 5.82 Å². The molecule has 0 bridgehead atoms. The van der Waals surface area contributed by atoms with Gasteiger partial charge in [-0.25, -0.2) is 9.97 Å². The molecule has 0 saturated carbocycles. The molecule has 0 spiro atoms. The van der Waals surface area contributed by atoms with Crippen molar-refractivity contribution >= 4 is 5.91 Å². The summed E-state index contributed by atoms with van der Waals surface area (Å²) in [5, 5.41) is 0. The second kappa shape index (κ2) is 8.16. The molecule has 1 aliphatic rings. The summed E-state index contributed by atoms with van der Waals surface area (Å²) in [6.45, 7) is 6.59. The highest BCUT2D eigenvalue weighted by atomic mass is 16.5. The van der Waals surface area contributed by atoms with Gasteiger partial charge < -0.3 is 9.64 Å². The molecule has 0 atom stereocenters. The largest absolute Gasteiger partial charge is 0.377 e. The van der Waals surface area contributed by atoms with Crippen LogP contribution < -0.4 is 0 Å². The molecular formula is C19H24N4O2. The van der Waals surface area contributed by atoms with Crippen molar-refractivity contribution in [1.29, 1.82) is 0 Å². The van der Waals surface area contributed by atoms with E-state index in [2.05, 4.69) is 15.0 Å². The van der Waals surface area contributed by atoms with Crippen molar-refractivity contribution in [2.24, 2.45) is 0 Å². The second-order valence-corrected chi connectivity index (χ2v) is 6.27. The highest BCUT2D eigenvalue weighted by molar-refractivity contribution is 5.94. The van der Waals surface area contributed by atoms with E-state index in [4.69, 9.17) is 4.74 Å². The third-order valence-electron chi connectivity index (χ3n) is 4.58. The zero-order chi connectivity index (χ0) is 17.6. The van der Waals surface area contributed by atoms with Crippen LogP contribution in [0.5, 0.6) is 0 Å². The number of hydrogen-bond acceptors (Lipinski definition) is 5. The van der Waals surface area contributed by atoms with Crippen LogP contribution >= 0.6 is 0 Å². The van der Waals surface area contributed by atoms with Gasteiger partial charge in [-0.2, -0.15) is 0 Å². The number of hydrogen-bond donors (Lipinski definition) is 0. The standard InChI is InChI=1S/C19H24N4O2/c1-3-25-13-17-12-21-14(2)22-18(17)15-6-10-23(11-7-15)19(24)16-4-8-20-9-5-16/h4-5,8-9,12,15H,3,6-7,10-11,13H2,1-2H3. The van der Waals surface area contributed by atoms with Gasteiger partial charge in [0.15, 0.2) is 0 Å². The van der Waals surface area contributed by atoms with Crippen LogP contribution in [0.3, 0.4) is 0 Å². The van der Waals surface area contributed by atoms with E-state index < -0.39 is 0 Å². The minimum Gasteiger partial charge on any atom is -0.377 e. The van der Waals surface area contributed by atoms with Gasteiger partial charge >= 0.3 is 0 Å². The Morgan fingerprint density at radius 1 is 1.28 bits per heavy atom. The third kappa shape index (κ3) is 4.20. The van der Waals surface area contributed by atoms with Gasteiger partial charge in [-0.1, -0.05) is 0 Å². The lowest BCUT2D eigenvalue weighted by molar-refractivity contribution is 0.0710. The van der Waals surface area contributed by atoms with Gasteiger partial charge in [0.2, 0.25) is 0 Å². The molecule has 132 valence electrons. The Kier molecular flexibility index (Phi) is 5.71. The summed E-state index contributed by atoms with van der Waals surface area (Å²) in [4.78, 5) is 27.4. The third-order valence-corrected chi connectivity index (χ3v) is 4.58. The SMILES string of the molecule is CCOCc1cnc(C)nc1C1CCN(C(=O)c2ccncc2)CC1. The predicted molar refractivity (Wildman–Crippen MR) is 94.2 cm³/mol. The van der Waals surface area contributed by atoms with E-state index in [-0.39, 0.29) is 5.91 Å². The number of ether oxygens (including phenoxy) is 1. The topological polar surface area (TPSA) is 68.2 Å². The van der Waals surface area contributed by atoms with E-state index in [1.807, 2.05) is 24.9 Å². The number of rotatable bonds is 5. The van der Waals surface area contributed by atoms with Crippen LogP contribution in [-0.2, 0) is 11.3 Å². The first-order valence-electron chi connectivity index (χ1n) is 8.78. The maximum atomic E-state index is 12.6. The molecule has 0 aliphatic carbocycles. The monoisotopic (exact) mass is 340 g/mol. The molecule has 3 rings (SSSR count). The predicted octanol–water partition coefficient (Wildman–Crippen LogP) is 2.74. The van der Waals surface area contributed by atoms with Crippen molar-refractivity contribution in [2.75, 3.05) is 19.7 Å². The van der Waals surface area contributed by atoms with Crippen LogP contribution in [0.2, 0.25) is 0 Å². The Morgan fingerprint density at radius 3 is 2.68 bits per heavy atom. The fraction of sp³-hybridized carbons (Fsp3) is 0.474. The van der Waals surface area contributed by atoms with E-state index in [0.717, 1.165) is 43.0 Å². The van der Waals surface area contributed by atoms with Crippen molar-refractivity contribution in [3.05, 3.63) is 53.4 Å². The number of carbonyl (C=O) groups excluding carboxylic acids is 1. The van der Waals surface area contributed by atoms with Crippen LogP contribution in [0.4, 0.5) is 0 Å². The minimum atomic E-state index is 0.0780. The Bertz CT molecular complexity index is 713. The highest BCUT2D eigenvalue weighted by Crippen LogP contribution is 2.30. The Labute approximate surface area is 148 Å². The van der Waals surface area contributed by atoms with Crippen molar-refractivity contribution in [1.82, 2.24) is 19.9 Å². The number of likely N-dealkylation sites (tertiary alicyclic amines) is 1. The maximum absolute atomic E-state index is 12.6. The molecule has 3 heterocycles. The van der Waals surface area contributed by atoms with Crippen molar-refractivity contribution < 1.29 is 9.53 Å². The smallest absolute Gasteiger partial charge is 0.253 e. The molecule has 0 N–H and O–H groups in total. The van der Waals surface area contributed by atoms with Crippen LogP contribution in [-0.4, -0.2) is 45.5 Å². The molecule has 1 aliphatic heterocycles. The molecule has 2 aromatic rings. The molecule has 0 radical (unpaired) electrons. The summed E-state index contributed by atoms with van der Waals surface area (Å²) in [5.74, 6) is 1.21. The summed E-state index contributed by atoms with van der Waals surface area (Å²) in [7, 11) is 0. The lowest BCUT2D eigenvalue weighted by Crippen LogP contribution is -2.38. The van der Waals surface area contributed by atoms with Crippen molar-refractivity contribution in [3.63, 3.8) is 0 Å². The molecule has 1 fully saturated rings. The summed E-state index contributed by atoms with van der Waals surface area (Å²) >= 11 is 0. The minimum absolute atomic E-state index is 0.0780. The number of amides is 1. The summed E-state index contributed by atoms with van der Waals surface area (Å²) in [6, 6.07) is 3.53. The summed E-state index contributed by atoms with van der Waals surface area (Å²) in [5.41, 5.74) is 2.84. The fourth-order valence-electron chi connectivity index (χ4n) is 3.22. The van der Waals surface area contributed by atoms with Gasteiger partial charge in [0, 0.05) is 55.3 Å². The Morgan fingerprint density at radius 2 is 2.00 bits per heavy atom. The number of carbonyl (C=O) groups is 1. The molecule has 0 unspecified atom stereocenters. The number of aryl methyl sites for hydroxylation is 1. The second-order valence-electron chi connectivity index (χ2n) is 6.27. The van der Waals surface area contributed by atoms with Crippen LogP contribution in [0.1, 0.15) is 53.1 Å². The summed E-state index contributed by atoms with van der Waals surface area (Å²) < 4.78 is 5.56. The first kappa shape index (κ1) is 17.5. The van der Waals surface area contributed by atoms with Gasteiger partial charge in [-0.3, -0.25) is 9.78 Å². The van der Waals surface area contributed by atoms with Gasteiger partial charge in [0.05, 0.1) is 12.3 Å². The number of nitrogens with zero attached hydrogens (tertiary/aromatic N) is 4. The number of aromatic nitrogens is 3. The molecule has 2 aromatic heterocycles. The Balaban J connectivity index is 1.68. The van der Waals surface area contributed by atoms with Gasteiger partial charge in [0.25, 0.3) is 5.91 Å². The van der Waals surface area contributed by atoms with Crippen LogP contribution in [0, 0.1) is 6.92 Å². The Hall–Kier alpha value is -2.34. The average molecular weight is 340 g/mol. The van der Waals surface area contributed by atoms with Crippen LogP contribution in [0.15, 0.2) is 30.7 Å². The molecule has 1 saturated heterocycles. The molecule has 6 heteroatoms. The number of piperidine rings is 1. The lowest BCUT2D eigenvalue weighted by Gasteiger charge is -2.32. The fourth-order valence-corrected chi connectivity index (χ4v) is 3.22. The molecule has 0 aromatic carbocycles. The summed E-state index contributed by atoms with van der Waals surface area (Å²) in [6.07, 6.45) is 7.01. The zero-order valence-electron chi connectivity index (χ0n) is 14.8. The van der Waals surface area contributed by atoms with Gasteiger partial charge in [-0.15, -0.1) is 0 Å². The molecule has 6 nitrogen and oxygen atoms in total. The highest BCUT2D eigenvalue weighted by Gasteiger charge is 2.27. The first-order valence-corrected chi connectivity index (χ1v) is 8.78. The quantitative estimate of drug-likeness (QED) is 0.837. The average Bonchev–Trinajstić information content (AvgIpc) is 2.67. The molecule has 25 heavy (non-hydrogen) atoms. The van der Waals surface area contributed by atoms with E-state index >= 15 is 0 Å². The maximum Gasteiger partial charge on any atom is 0.253 e. The molecular weight excluding hydrogens is 316 g/mol. The van der Waals surface area contributed by atoms with E-state index in [1.54, 1.807) is 24.5 Å². The van der Waals surface area contributed by atoms with E-state index in [1.165, 1.54) is 0 Å². The van der Waals surface area contributed by atoms with Crippen molar-refractivity contribution in [2.45, 2.75) is 39.2 Å². The number of pyridine rings is 1. The van der Waals surface area contributed by atoms with Crippen LogP contribution in [0.25, 0.3) is 0 Å². The van der Waals surface area contributed by atoms with Crippen molar-refractivity contribution in [3.8, 4) is 0 Å². The van der Waals surface area contributed by atoms with E-state index in [0.29, 0.717) is 24.7 Å².